The average Bonchev–Trinajstić information content (AvgIpc) is 2.81. The number of carboxylic acid groups (broad SMARTS) is 1. The molecule has 0 atom stereocenters. The van der Waals surface area contributed by atoms with Crippen molar-refractivity contribution in [2.45, 2.75) is 13.3 Å². The lowest BCUT2D eigenvalue weighted by molar-refractivity contribution is 0.0692. The van der Waals surface area contributed by atoms with Gasteiger partial charge in [-0.15, -0.1) is 0 Å². The average molecular weight is 492 g/mol. The van der Waals surface area contributed by atoms with E-state index in [1.807, 2.05) is 19.1 Å². The molecule has 0 fully saturated rings. The zero-order valence-corrected chi connectivity index (χ0v) is 19.1. The van der Waals surface area contributed by atoms with Gasteiger partial charge in [-0.3, -0.25) is 0 Å². The number of nitrogens with zero attached hydrogens (tertiary/aromatic N) is 2. The number of aromatic nitrogens is 2. The lowest BCUT2D eigenvalue weighted by Gasteiger charge is -2.12. The molecule has 0 saturated heterocycles. The Bertz CT molecular complexity index is 1280. The van der Waals surface area contributed by atoms with Crippen molar-refractivity contribution in [1.29, 1.82) is 0 Å². The van der Waals surface area contributed by atoms with Crippen molar-refractivity contribution in [2.75, 3.05) is 18.5 Å². The summed E-state index contributed by atoms with van der Waals surface area (Å²) in [6.07, 6.45) is 2.32. The van der Waals surface area contributed by atoms with E-state index in [-0.39, 0.29) is 5.56 Å². The van der Waals surface area contributed by atoms with Gasteiger partial charge in [0, 0.05) is 22.6 Å². The topological polar surface area (TPSA) is 84.3 Å². The molecule has 0 radical (unpaired) electrons. The van der Waals surface area contributed by atoms with Gasteiger partial charge < -0.3 is 15.2 Å². The monoisotopic (exact) mass is 491 g/mol. The Balaban J connectivity index is 1.52. The summed E-state index contributed by atoms with van der Waals surface area (Å²) in [5, 5.41) is 15.2. The molecule has 4 aromatic rings. The van der Waals surface area contributed by atoms with Gasteiger partial charge in [-0.25, -0.2) is 14.8 Å². The number of hydrogen-bond acceptors (Lipinski definition) is 5. The van der Waals surface area contributed by atoms with Crippen LogP contribution in [0, 0.1) is 0 Å². The highest BCUT2D eigenvalue weighted by Crippen LogP contribution is 2.29. The summed E-state index contributed by atoms with van der Waals surface area (Å²) < 4.78 is 6.59. The molecule has 0 aliphatic rings. The number of ether oxygens (including phenoxy) is 1. The van der Waals surface area contributed by atoms with Crippen molar-refractivity contribution in [2.24, 2.45) is 0 Å². The van der Waals surface area contributed by atoms with Crippen molar-refractivity contribution < 1.29 is 14.6 Å². The quantitative estimate of drug-likeness (QED) is 0.323. The Hall–Kier alpha value is -3.45. The van der Waals surface area contributed by atoms with Gasteiger partial charge in [-0.2, -0.15) is 0 Å². The number of hydrogen-bond donors (Lipinski definition) is 2. The molecule has 3 aromatic carbocycles. The number of carbonyl (C=O) groups is 1. The van der Waals surface area contributed by atoms with Crippen LogP contribution in [0.3, 0.4) is 0 Å². The molecule has 162 valence electrons. The fourth-order valence-electron chi connectivity index (χ4n) is 3.62. The number of fused-ring (bicyclic) bond motifs is 1. The highest BCUT2D eigenvalue weighted by atomic mass is 79.9. The third-order valence-corrected chi connectivity index (χ3v) is 5.88. The van der Waals surface area contributed by atoms with Gasteiger partial charge in [0.1, 0.15) is 23.5 Å². The van der Waals surface area contributed by atoms with Gasteiger partial charge in [0.2, 0.25) is 0 Å². The SMILES string of the molecule is CCOc1cc(-c2cc(NCCc3c(Br)ccc4ccccc34)ncn2)ccc1C(=O)O. The molecule has 2 N–H and O–H groups in total. The first-order chi connectivity index (χ1) is 15.6. The van der Waals surface area contributed by atoms with Crippen LogP contribution in [0.4, 0.5) is 5.82 Å². The zero-order chi connectivity index (χ0) is 22.5. The summed E-state index contributed by atoms with van der Waals surface area (Å²) in [5.41, 5.74) is 2.83. The summed E-state index contributed by atoms with van der Waals surface area (Å²) in [5.74, 6) is 0.00250. The van der Waals surface area contributed by atoms with E-state index in [9.17, 15) is 9.90 Å². The van der Waals surface area contributed by atoms with Crippen LogP contribution in [0.2, 0.25) is 0 Å². The van der Waals surface area contributed by atoms with Gasteiger partial charge >= 0.3 is 5.97 Å². The maximum absolute atomic E-state index is 11.4. The van der Waals surface area contributed by atoms with E-state index >= 15 is 0 Å². The summed E-state index contributed by atoms with van der Waals surface area (Å²) in [6, 6.07) is 19.3. The molecule has 1 heterocycles. The highest BCUT2D eigenvalue weighted by Gasteiger charge is 2.13. The first kappa shape index (κ1) is 21.8. The lowest BCUT2D eigenvalue weighted by atomic mass is 10.0. The van der Waals surface area contributed by atoms with Crippen molar-refractivity contribution in [3.05, 3.63) is 82.6 Å². The standard InChI is InChI=1S/C25H22BrN3O3/c1-2-32-23-13-17(7-9-20(23)25(30)31)22-14-24(29-15-28-22)27-12-11-19-18-6-4-3-5-16(18)8-10-21(19)26/h3-10,13-15H,2,11-12H2,1H3,(H,30,31)(H,27,28,29). The summed E-state index contributed by atoms with van der Waals surface area (Å²) >= 11 is 3.67. The van der Waals surface area contributed by atoms with E-state index in [0.717, 1.165) is 16.5 Å². The first-order valence-electron chi connectivity index (χ1n) is 10.3. The molecule has 0 saturated carbocycles. The van der Waals surface area contributed by atoms with E-state index in [0.29, 0.717) is 30.4 Å². The smallest absolute Gasteiger partial charge is 0.339 e. The predicted molar refractivity (Wildman–Crippen MR) is 129 cm³/mol. The summed E-state index contributed by atoms with van der Waals surface area (Å²) in [4.78, 5) is 20.1. The van der Waals surface area contributed by atoms with Crippen molar-refractivity contribution in [1.82, 2.24) is 9.97 Å². The van der Waals surface area contributed by atoms with Crippen LogP contribution in [0.1, 0.15) is 22.8 Å². The predicted octanol–water partition coefficient (Wildman–Crippen LogP) is 5.81. The van der Waals surface area contributed by atoms with Crippen LogP contribution < -0.4 is 10.1 Å². The van der Waals surface area contributed by atoms with Gasteiger partial charge in [0.25, 0.3) is 0 Å². The number of rotatable bonds is 8. The molecule has 0 spiro atoms. The molecule has 0 unspecified atom stereocenters. The van der Waals surface area contributed by atoms with Gasteiger partial charge in [-0.05, 0) is 47.9 Å². The second kappa shape index (κ2) is 9.78. The Labute approximate surface area is 194 Å². The minimum Gasteiger partial charge on any atom is -0.493 e. The minimum absolute atomic E-state index is 0.128. The maximum Gasteiger partial charge on any atom is 0.339 e. The van der Waals surface area contributed by atoms with Gasteiger partial charge in [0.05, 0.1) is 12.3 Å². The van der Waals surface area contributed by atoms with Crippen LogP contribution in [0.15, 0.2) is 71.5 Å². The summed E-state index contributed by atoms with van der Waals surface area (Å²) in [6.45, 7) is 2.90. The van der Waals surface area contributed by atoms with E-state index in [2.05, 4.69) is 61.5 Å². The molecule has 7 heteroatoms. The van der Waals surface area contributed by atoms with E-state index in [1.165, 1.54) is 28.7 Å². The van der Waals surface area contributed by atoms with E-state index in [1.54, 1.807) is 12.1 Å². The molecule has 1 aromatic heterocycles. The highest BCUT2D eigenvalue weighted by molar-refractivity contribution is 9.10. The largest absolute Gasteiger partial charge is 0.493 e. The zero-order valence-electron chi connectivity index (χ0n) is 17.5. The molecular formula is C25H22BrN3O3. The molecule has 32 heavy (non-hydrogen) atoms. The lowest BCUT2D eigenvalue weighted by Crippen LogP contribution is -2.07. The summed E-state index contributed by atoms with van der Waals surface area (Å²) in [7, 11) is 0. The van der Waals surface area contributed by atoms with Crippen LogP contribution in [-0.4, -0.2) is 34.2 Å². The molecule has 0 aliphatic carbocycles. The Morgan fingerprint density at radius 3 is 2.75 bits per heavy atom. The van der Waals surface area contributed by atoms with Crippen LogP contribution in [0.25, 0.3) is 22.0 Å². The number of halogens is 1. The van der Waals surface area contributed by atoms with Gasteiger partial charge in [-0.1, -0.05) is 52.3 Å². The van der Waals surface area contributed by atoms with Crippen molar-refractivity contribution >= 4 is 38.5 Å². The minimum atomic E-state index is -1.02. The third kappa shape index (κ3) is 4.73. The molecule has 4 rings (SSSR count). The van der Waals surface area contributed by atoms with Crippen LogP contribution in [0.5, 0.6) is 5.75 Å². The normalized spacial score (nSPS) is 10.8. The second-order valence-electron chi connectivity index (χ2n) is 7.16. The third-order valence-electron chi connectivity index (χ3n) is 5.14. The van der Waals surface area contributed by atoms with E-state index < -0.39 is 5.97 Å². The number of anilines is 1. The number of aromatic carboxylic acids is 1. The number of carboxylic acids is 1. The molecule has 0 aliphatic heterocycles. The van der Waals surface area contributed by atoms with Crippen molar-refractivity contribution in [3.63, 3.8) is 0 Å². The van der Waals surface area contributed by atoms with Gasteiger partial charge in [0.15, 0.2) is 0 Å². The van der Waals surface area contributed by atoms with Crippen molar-refractivity contribution in [3.8, 4) is 17.0 Å². The van der Waals surface area contributed by atoms with Crippen LogP contribution >= 0.6 is 15.9 Å². The Morgan fingerprint density at radius 1 is 1.09 bits per heavy atom. The number of benzene rings is 3. The van der Waals surface area contributed by atoms with E-state index in [4.69, 9.17) is 4.74 Å². The Morgan fingerprint density at radius 2 is 1.94 bits per heavy atom. The second-order valence-corrected chi connectivity index (χ2v) is 8.02. The Kier molecular flexibility index (Phi) is 6.66. The number of nitrogens with one attached hydrogen (secondary N) is 1. The molecule has 0 amide bonds. The molecular weight excluding hydrogens is 470 g/mol. The fraction of sp³-hybridized carbons (Fsp3) is 0.160. The maximum atomic E-state index is 11.4. The molecule has 0 bridgehead atoms. The van der Waals surface area contributed by atoms with Crippen LogP contribution in [-0.2, 0) is 6.42 Å². The molecule has 6 nitrogen and oxygen atoms in total. The fourth-order valence-corrected chi connectivity index (χ4v) is 4.17. The first-order valence-corrected chi connectivity index (χ1v) is 11.1.